The van der Waals surface area contributed by atoms with E-state index >= 15 is 0 Å². The largest absolute Gasteiger partial charge is 0.396 e. The monoisotopic (exact) mass is 278 g/mol. The molecule has 0 unspecified atom stereocenters. The third-order valence-electron chi connectivity index (χ3n) is 4.61. The first-order valence-electron chi connectivity index (χ1n) is 7.84. The smallest absolute Gasteiger partial charge is 0.0431 e. The Kier molecular flexibility index (Phi) is 7.25. The van der Waals surface area contributed by atoms with E-state index < -0.39 is 0 Å². The van der Waals surface area contributed by atoms with Crippen LogP contribution in [0.5, 0.6) is 0 Å². The van der Waals surface area contributed by atoms with Crippen LogP contribution in [0.25, 0.3) is 0 Å². The standard InChI is InChI=1S/C18H30O2/c1-13-14(2)18(10-6-8-12-20)16(4)15(3)17(13)9-5-7-11-19/h19-20H,5-12H2,1-4H3. The van der Waals surface area contributed by atoms with Gasteiger partial charge in [0.2, 0.25) is 0 Å². The lowest BCUT2D eigenvalue weighted by Gasteiger charge is -2.20. The van der Waals surface area contributed by atoms with Gasteiger partial charge in [-0.15, -0.1) is 0 Å². The maximum Gasteiger partial charge on any atom is 0.0431 e. The molecule has 1 aromatic rings. The van der Waals surface area contributed by atoms with Crippen LogP contribution in [0, 0.1) is 27.7 Å². The summed E-state index contributed by atoms with van der Waals surface area (Å²) in [6.45, 7) is 9.49. The quantitative estimate of drug-likeness (QED) is 0.714. The van der Waals surface area contributed by atoms with E-state index in [-0.39, 0.29) is 13.2 Å². The zero-order valence-electron chi connectivity index (χ0n) is 13.6. The molecule has 2 N–H and O–H groups in total. The highest BCUT2D eigenvalue weighted by molar-refractivity contribution is 5.50. The maximum atomic E-state index is 8.94. The van der Waals surface area contributed by atoms with Crippen molar-refractivity contribution in [3.8, 4) is 0 Å². The summed E-state index contributed by atoms with van der Waals surface area (Å²) in [5.74, 6) is 0. The van der Waals surface area contributed by atoms with Gasteiger partial charge in [-0.05, 0) is 99.6 Å². The van der Waals surface area contributed by atoms with E-state index in [1.165, 1.54) is 33.4 Å². The molecular weight excluding hydrogens is 248 g/mol. The molecule has 0 radical (unpaired) electrons. The fourth-order valence-electron chi connectivity index (χ4n) is 3.04. The van der Waals surface area contributed by atoms with Gasteiger partial charge in [0.25, 0.3) is 0 Å². The van der Waals surface area contributed by atoms with Gasteiger partial charge in [0.05, 0.1) is 0 Å². The Morgan fingerprint density at radius 3 is 1.10 bits per heavy atom. The minimum atomic E-state index is 0.287. The Labute approximate surface area is 123 Å². The van der Waals surface area contributed by atoms with Gasteiger partial charge in [-0.2, -0.15) is 0 Å². The van der Waals surface area contributed by atoms with Crippen molar-refractivity contribution in [2.24, 2.45) is 0 Å². The number of aliphatic hydroxyl groups is 2. The molecule has 1 aromatic carbocycles. The normalized spacial score (nSPS) is 11.1. The van der Waals surface area contributed by atoms with E-state index in [4.69, 9.17) is 10.2 Å². The van der Waals surface area contributed by atoms with Gasteiger partial charge in [-0.1, -0.05) is 0 Å². The van der Waals surface area contributed by atoms with Gasteiger partial charge in [0.15, 0.2) is 0 Å². The van der Waals surface area contributed by atoms with Gasteiger partial charge in [0, 0.05) is 13.2 Å². The van der Waals surface area contributed by atoms with E-state index in [0.29, 0.717) is 0 Å². The number of unbranched alkanes of at least 4 members (excludes halogenated alkanes) is 2. The third-order valence-corrected chi connectivity index (χ3v) is 4.61. The summed E-state index contributed by atoms with van der Waals surface area (Å²) >= 11 is 0. The third kappa shape index (κ3) is 4.07. The van der Waals surface area contributed by atoms with Crippen LogP contribution in [0.1, 0.15) is 59.1 Å². The van der Waals surface area contributed by atoms with Gasteiger partial charge in [-0.25, -0.2) is 0 Å². The van der Waals surface area contributed by atoms with Gasteiger partial charge >= 0.3 is 0 Å². The first-order valence-corrected chi connectivity index (χ1v) is 7.84. The fourth-order valence-corrected chi connectivity index (χ4v) is 3.04. The molecule has 0 aliphatic rings. The number of rotatable bonds is 8. The van der Waals surface area contributed by atoms with Crippen molar-refractivity contribution in [3.05, 3.63) is 33.4 Å². The Hall–Kier alpha value is -0.860. The summed E-state index contributed by atoms with van der Waals surface area (Å²) in [6, 6.07) is 0. The fraction of sp³-hybridized carbons (Fsp3) is 0.667. The van der Waals surface area contributed by atoms with Crippen LogP contribution in [0.2, 0.25) is 0 Å². The molecular formula is C18H30O2. The Balaban J connectivity index is 3.00. The molecule has 0 spiro atoms. The number of aliphatic hydroxyl groups excluding tert-OH is 2. The Morgan fingerprint density at radius 2 is 0.850 bits per heavy atom. The summed E-state index contributed by atoms with van der Waals surface area (Å²) in [4.78, 5) is 0. The van der Waals surface area contributed by atoms with Crippen LogP contribution >= 0.6 is 0 Å². The summed E-state index contributed by atoms with van der Waals surface area (Å²) < 4.78 is 0. The van der Waals surface area contributed by atoms with Crippen LogP contribution in [-0.4, -0.2) is 23.4 Å². The molecule has 0 amide bonds. The summed E-state index contributed by atoms with van der Waals surface area (Å²) in [5.41, 5.74) is 8.63. The topological polar surface area (TPSA) is 40.5 Å². The van der Waals surface area contributed by atoms with Crippen LogP contribution < -0.4 is 0 Å². The zero-order chi connectivity index (χ0) is 15.1. The highest BCUT2D eigenvalue weighted by atomic mass is 16.3. The minimum Gasteiger partial charge on any atom is -0.396 e. The average Bonchev–Trinajstić information content (AvgIpc) is 2.44. The first-order chi connectivity index (χ1) is 9.54. The molecule has 0 aliphatic carbocycles. The average molecular weight is 278 g/mol. The highest BCUT2D eigenvalue weighted by Crippen LogP contribution is 2.29. The molecule has 20 heavy (non-hydrogen) atoms. The second-order valence-electron chi connectivity index (χ2n) is 5.82. The van der Waals surface area contributed by atoms with Crippen LogP contribution in [0.4, 0.5) is 0 Å². The van der Waals surface area contributed by atoms with E-state index in [1.54, 1.807) is 0 Å². The van der Waals surface area contributed by atoms with Crippen LogP contribution in [0.15, 0.2) is 0 Å². The summed E-state index contributed by atoms with van der Waals surface area (Å²) in [6.07, 6.45) is 6.01. The molecule has 0 aliphatic heterocycles. The van der Waals surface area contributed by atoms with E-state index in [2.05, 4.69) is 27.7 Å². The lowest BCUT2D eigenvalue weighted by atomic mass is 9.85. The van der Waals surface area contributed by atoms with Crippen molar-refractivity contribution < 1.29 is 10.2 Å². The predicted molar refractivity (Wildman–Crippen MR) is 85.4 cm³/mol. The zero-order valence-corrected chi connectivity index (χ0v) is 13.6. The molecule has 114 valence electrons. The van der Waals surface area contributed by atoms with Crippen LogP contribution in [-0.2, 0) is 12.8 Å². The lowest BCUT2D eigenvalue weighted by Crippen LogP contribution is -2.06. The first kappa shape index (κ1) is 17.2. The van der Waals surface area contributed by atoms with E-state index in [0.717, 1.165) is 38.5 Å². The maximum absolute atomic E-state index is 8.94. The van der Waals surface area contributed by atoms with Crippen molar-refractivity contribution in [1.82, 2.24) is 0 Å². The highest BCUT2D eigenvalue weighted by Gasteiger charge is 2.14. The summed E-state index contributed by atoms with van der Waals surface area (Å²) in [7, 11) is 0. The van der Waals surface area contributed by atoms with Crippen LogP contribution in [0.3, 0.4) is 0 Å². The van der Waals surface area contributed by atoms with Crippen molar-refractivity contribution in [2.45, 2.75) is 66.2 Å². The molecule has 0 heterocycles. The van der Waals surface area contributed by atoms with E-state index in [1.807, 2.05) is 0 Å². The van der Waals surface area contributed by atoms with Crippen molar-refractivity contribution in [2.75, 3.05) is 13.2 Å². The van der Waals surface area contributed by atoms with Crippen molar-refractivity contribution in [1.29, 1.82) is 0 Å². The second kappa shape index (κ2) is 8.43. The van der Waals surface area contributed by atoms with Gasteiger partial charge in [0.1, 0.15) is 0 Å². The SMILES string of the molecule is Cc1c(C)c(CCCCO)c(C)c(C)c1CCCCO. The second-order valence-corrected chi connectivity index (χ2v) is 5.82. The van der Waals surface area contributed by atoms with Gasteiger partial charge < -0.3 is 10.2 Å². The van der Waals surface area contributed by atoms with E-state index in [9.17, 15) is 0 Å². The van der Waals surface area contributed by atoms with Crippen molar-refractivity contribution in [3.63, 3.8) is 0 Å². The summed E-state index contributed by atoms with van der Waals surface area (Å²) in [5, 5.41) is 17.9. The molecule has 2 heteroatoms. The molecule has 0 atom stereocenters. The molecule has 0 aromatic heterocycles. The Morgan fingerprint density at radius 1 is 0.550 bits per heavy atom. The van der Waals surface area contributed by atoms with Gasteiger partial charge in [-0.3, -0.25) is 0 Å². The van der Waals surface area contributed by atoms with Crippen molar-refractivity contribution >= 4 is 0 Å². The molecule has 1 rings (SSSR count). The molecule has 0 fully saturated rings. The Bertz CT molecular complexity index is 366. The number of benzene rings is 1. The molecule has 0 bridgehead atoms. The lowest BCUT2D eigenvalue weighted by molar-refractivity contribution is 0.284. The molecule has 0 saturated carbocycles. The number of hydrogen-bond acceptors (Lipinski definition) is 2. The molecule has 0 saturated heterocycles. The minimum absolute atomic E-state index is 0.287. The molecule has 2 nitrogen and oxygen atoms in total. The predicted octanol–water partition coefficient (Wildman–Crippen LogP) is 3.55. The number of hydrogen-bond donors (Lipinski definition) is 2.